The summed E-state index contributed by atoms with van der Waals surface area (Å²) in [5, 5.41) is 6.61. The third kappa shape index (κ3) is 3.19. The van der Waals surface area contributed by atoms with Crippen LogP contribution in [0.2, 0.25) is 0 Å². The highest BCUT2D eigenvalue weighted by Gasteiger charge is 2.14. The van der Waals surface area contributed by atoms with Crippen LogP contribution in [0.25, 0.3) is 5.69 Å². The Balaban J connectivity index is 1.90. The summed E-state index contributed by atoms with van der Waals surface area (Å²) in [7, 11) is 0. The van der Waals surface area contributed by atoms with Crippen LogP contribution in [0.5, 0.6) is 0 Å². The zero-order chi connectivity index (χ0) is 17.1. The number of anilines is 1. The summed E-state index contributed by atoms with van der Waals surface area (Å²) in [6, 6.07) is 8.62. The smallest absolute Gasteiger partial charge is 0.274 e. The molecule has 0 spiro atoms. The lowest BCUT2D eigenvalue weighted by atomic mass is 10.1. The Labute approximate surface area is 137 Å². The second-order valence-electron chi connectivity index (χ2n) is 5.05. The predicted octanol–water partition coefficient (Wildman–Crippen LogP) is 2.86. The number of pyridine rings is 1. The average Bonchev–Trinajstić information content (AvgIpc) is 3.09. The number of nitrogens with one attached hydrogen (secondary N) is 1. The average molecular weight is 324 g/mol. The Bertz CT molecular complexity index is 907. The molecule has 0 unspecified atom stereocenters. The molecule has 0 radical (unpaired) electrons. The Morgan fingerprint density at radius 1 is 1.17 bits per heavy atom. The van der Waals surface area contributed by atoms with Gasteiger partial charge in [0.05, 0.1) is 11.4 Å². The molecule has 0 aliphatic rings. The highest BCUT2D eigenvalue weighted by molar-refractivity contribution is 6.08. The van der Waals surface area contributed by atoms with Gasteiger partial charge in [0.2, 0.25) is 0 Å². The van der Waals surface area contributed by atoms with Crippen LogP contribution in [0.3, 0.4) is 0 Å². The number of hydrogen-bond acceptors (Lipinski definition) is 4. The number of aromatic nitrogens is 3. The number of Topliss-reactive ketones (excluding diaryl/α,β-unsaturated/α-hetero) is 1. The maximum absolute atomic E-state index is 13.4. The second kappa shape index (κ2) is 6.41. The zero-order valence-corrected chi connectivity index (χ0v) is 12.7. The number of benzene rings is 1. The lowest BCUT2D eigenvalue weighted by molar-refractivity contribution is 0.101. The molecule has 0 atom stereocenters. The number of carbonyl (C=O) groups excluding carboxylic acids is 2. The molecule has 3 aromatic rings. The summed E-state index contributed by atoms with van der Waals surface area (Å²) in [5.41, 5.74) is 1.12. The van der Waals surface area contributed by atoms with E-state index in [4.69, 9.17) is 0 Å². The lowest BCUT2D eigenvalue weighted by Crippen LogP contribution is -2.16. The molecule has 24 heavy (non-hydrogen) atoms. The van der Waals surface area contributed by atoms with E-state index in [-0.39, 0.29) is 22.7 Å². The van der Waals surface area contributed by atoms with Gasteiger partial charge in [0, 0.05) is 24.2 Å². The fourth-order valence-electron chi connectivity index (χ4n) is 2.22. The van der Waals surface area contributed by atoms with Crippen molar-refractivity contribution in [1.82, 2.24) is 14.8 Å². The van der Waals surface area contributed by atoms with Gasteiger partial charge in [-0.3, -0.25) is 14.6 Å². The first-order valence-electron chi connectivity index (χ1n) is 7.12. The lowest BCUT2D eigenvalue weighted by Gasteiger charge is -2.10. The highest BCUT2D eigenvalue weighted by Crippen LogP contribution is 2.19. The van der Waals surface area contributed by atoms with E-state index in [9.17, 15) is 14.0 Å². The number of halogens is 1. The van der Waals surface area contributed by atoms with Gasteiger partial charge in [0.15, 0.2) is 5.78 Å². The fraction of sp³-hybridized carbons (Fsp3) is 0.0588. The van der Waals surface area contributed by atoms with Gasteiger partial charge in [-0.15, -0.1) is 0 Å². The molecule has 0 saturated heterocycles. The van der Waals surface area contributed by atoms with Crippen LogP contribution in [0.1, 0.15) is 27.8 Å². The van der Waals surface area contributed by atoms with Crippen molar-refractivity contribution >= 4 is 17.4 Å². The van der Waals surface area contributed by atoms with Crippen LogP contribution in [-0.4, -0.2) is 26.5 Å². The van der Waals surface area contributed by atoms with E-state index >= 15 is 0 Å². The standard InChI is InChI=1S/C17H13FN4O2/c1-11(23)14-4-3-12(18)9-15(14)21-17(24)16-10-13(5-7-19-16)22-8-2-6-20-22/h2-10H,1H3,(H,21,24). The molecule has 0 aliphatic carbocycles. The molecule has 6 nitrogen and oxygen atoms in total. The van der Waals surface area contributed by atoms with Crippen molar-refractivity contribution in [3.63, 3.8) is 0 Å². The largest absolute Gasteiger partial charge is 0.320 e. The van der Waals surface area contributed by atoms with Crippen molar-refractivity contribution in [3.8, 4) is 5.69 Å². The van der Waals surface area contributed by atoms with Gasteiger partial charge in [-0.25, -0.2) is 9.07 Å². The maximum atomic E-state index is 13.4. The van der Waals surface area contributed by atoms with Crippen molar-refractivity contribution < 1.29 is 14.0 Å². The van der Waals surface area contributed by atoms with Gasteiger partial charge in [0.25, 0.3) is 5.91 Å². The molecular formula is C17H13FN4O2. The monoisotopic (exact) mass is 324 g/mol. The number of nitrogens with zero attached hydrogens (tertiary/aromatic N) is 3. The number of rotatable bonds is 4. The molecule has 2 heterocycles. The van der Waals surface area contributed by atoms with E-state index in [0.717, 1.165) is 6.07 Å². The van der Waals surface area contributed by atoms with E-state index in [1.165, 1.54) is 25.3 Å². The van der Waals surface area contributed by atoms with Gasteiger partial charge in [0.1, 0.15) is 11.5 Å². The Morgan fingerprint density at radius 2 is 2.00 bits per heavy atom. The van der Waals surface area contributed by atoms with Crippen molar-refractivity contribution in [2.24, 2.45) is 0 Å². The van der Waals surface area contributed by atoms with Gasteiger partial charge >= 0.3 is 0 Å². The first-order chi connectivity index (χ1) is 11.5. The first-order valence-corrected chi connectivity index (χ1v) is 7.12. The summed E-state index contributed by atoms with van der Waals surface area (Å²) in [6.45, 7) is 1.35. The van der Waals surface area contributed by atoms with E-state index in [1.807, 2.05) is 0 Å². The first kappa shape index (κ1) is 15.5. The van der Waals surface area contributed by atoms with Crippen molar-refractivity contribution in [1.29, 1.82) is 0 Å². The van der Waals surface area contributed by atoms with E-state index in [0.29, 0.717) is 5.69 Å². The molecule has 1 N–H and O–H groups in total. The van der Waals surface area contributed by atoms with E-state index in [2.05, 4.69) is 15.4 Å². The summed E-state index contributed by atoms with van der Waals surface area (Å²) in [6.07, 6.45) is 4.83. The summed E-state index contributed by atoms with van der Waals surface area (Å²) in [4.78, 5) is 28.0. The number of amides is 1. The number of ketones is 1. The molecule has 0 fully saturated rings. The van der Waals surface area contributed by atoms with E-state index < -0.39 is 11.7 Å². The molecule has 1 amide bonds. The number of carbonyl (C=O) groups is 2. The molecule has 3 rings (SSSR count). The zero-order valence-electron chi connectivity index (χ0n) is 12.7. The SMILES string of the molecule is CC(=O)c1ccc(F)cc1NC(=O)c1cc(-n2cccn2)ccn1. The molecule has 2 aromatic heterocycles. The molecule has 7 heteroatoms. The molecule has 120 valence electrons. The minimum absolute atomic E-state index is 0.110. The van der Waals surface area contributed by atoms with Crippen LogP contribution in [0.4, 0.5) is 10.1 Å². The Hall–Kier alpha value is -3.35. The second-order valence-corrected chi connectivity index (χ2v) is 5.05. The predicted molar refractivity (Wildman–Crippen MR) is 85.7 cm³/mol. The topological polar surface area (TPSA) is 76.9 Å². The molecule has 0 bridgehead atoms. The Morgan fingerprint density at radius 3 is 2.71 bits per heavy atom. The van der Waals surface area contributed by atoms with Gasteiger partial charge < -0.3 is 5.32 Å². The third-order valence-electron chi connectivity index (χ3n) is 3.35. The molecule has 0 aliphatic heterocycles. The fourth-order valence-corrected chi connectivity index (χ4v) is 2.22. The van der Waals surface area contributed by atoms with E-state index in [1.54, 1.807) is 35.3 Å². The molecule has 1 aromatic carbocycles. The van der Waals surface area contributed by atoms with Crippen LogP contribution in [0, 0.1) is 5.82 Å². The summed E-state index contributed by atoms with van der Waals surface area (Å²) >= 11 is 0. The van der Waals surface area contributed by atoms with Crippen LogP contribution in [0.15, 0.2) is 55.0 Å². The number of hydrogen-bond donors (Lipinski definition) is 1. The molecule has 0 saturated carbocycles. The Kier molecular flexibility index (Phi) is 4.15. The van der Waals surface area contributed by atoms with Gasteiger partial charge in [-0.05, 0) is 43.3 Å². The summed E-state index contributed by atoms with van der Waals surface area (Å²) in [5.74, 6) is -1.37. The normalized spacial score (nSPS) is 10.4. The quantitative estimate of drug-likeness (QED) is 0.749. The van der Waals surface area contributed by atoms with Gasteiger partial charge in [-0.2, -0.15) is 5.10 Å². The van der Waals surface area contributed by atoms with Gasteiger partial charge in [-0.1, -0.05) is 0 Å². The minimum Gasteiger partial charge on any atom is -0.320 e. The highest BCUT2D eigenvalue weighted by atomic mass is 19.1. The maximum Gasteiger partial charge on any atom is 0.274 e. The third-order valence-corrected chi connectivity index (χ3v) is 3.35. The van der Waals surface area contributed by atoms with Crippen molar-refractivity contribution in [2.45, 2.75) is 6.92 Å². The van der Waals surface area contributed by atoms with Crippen molar-refractivity contribution in [3.05, 3.63) is 72.1 Å². The van der Waals surface area contributed by atoms with Crippen molar-refractivity contribution in [2.75, 3.05) is 5.32 Å². The van der Waals surface area contributed by atoms with Crippen LogP contribution in [-0.2, 0) is 0 Å². The molecular weight excluding hydrogens is 311 g/mol. The van der Waals surface area contributed by atoms with Crippen LogP contribution < -0.4 is 5.32 Å². The summed E-state index contributed by atoms with van der Waals surface area (Å²) < 4.78 is 15.0. The van der Waals surface area contributed by atoms with Crippen LogP contribution >= 0.6 is 0 Å². The minimum atomic E-state index is -0.548.